The molecule has 0 bridgehead atoms. The lowest BCUT2D eigenvalue weighted by Crippen LogP contribution is -2.51. The van der Waals surface area contributed by atoms with Crippen LogP contribution in [0.3, 0.4) is 0 Å². The fourth-order valence-corrected chi connectivity index (χ4v) is 2.56. The van der Waals surface area contributed by atoms with Gasteiger partial charge in [-0.2, -0.15) is 0 Å². The van der Waals surface area contributed by atoms with E-state index in [0.717, 1.165) is 5.56 Å². The summed E-state index contributed by atoms with van der Waals surface area (Å²) >= 11 is 4.76. The molecule has 0 radical (unpaired) electrons. The van der Waals surface area contributed by atoms with Crippen molar-refractivity contribution in [1.29, 1.82) is 0 Å². The first-order valence-electron chi connectivity index (χ1n) is 7.58. The van der Waals surface area contributed by atoms with Crippen molar-refractivity contribution in [2.45, 2.75) is 19.6 Å². The monoisotopic (exact) mass is 356 g/mol. The number of hydrogen-bond acceptors (Lipinski definition) is 5. The minimum absolute atomic E-state index is 0.00508. The van der Waals surface area contributed by atoms with Gasteiger partial charge in [-0.1, -0.05) is 30.3 Å². The SMILES string of the molecule is CC1(C)OC(c2ccccc2)=C/C(=C/C=C2C(=O)NC(=S)NC2=O)O1. The molecule has 3 rings (SSSR count). The van der Waals surface area contributed by atoms with E-state index in [1.54, 1.807) is 26.0 Å². The topological polar surface area (TPSA) is 76.7 Å². The van der Waals surface area contributed by atoms with Crippen LogP contribution in [0.25, 0.3) is 5.76 Å². The summed E-state index contributed by atoms with van der Waals surface area (Å²) in [7, 11) is 0. The zero-order valence-corrected chi connectivity index (χ0v) is 14.5. The number of allylic oxidation sites excluding steroid dienone is 3. The maximum Gasteiger partial charge on any atom is 0.263 e. The van der Waals surface area contributed by atoms with Crippen molar-refractivity contribution in [3.8, 4) is 0 Å². The molecule has 1 aromatic rings. The minimum atomic E-state index is -0.886. The molecule has 2 aliphatic heterocycles. The van der Waals surface area contributed by atoms with Crippen molar-refractivity contribution in [2.75, 3.05) is 0 Å². The summed E-state index contributed by atoms with van der Waals surface area (Å²) in [5.41, 5.74) is 0.847. The van der Waals surface area contributed by atoms with Crippen LogP contribution in [0.4, 0.5) is 0 Å². The molecule has 7 heteroatoms. The predicted molar refractivity (Wildman–Crippen MR) is 95.7 cm³/mol. The standard InChI is InChI=1S/C18H16N2O4S/c1-18(2)23-12(10-14(24-18)11-6-4-3-5-7-11)8-9-13-15(21)19-17(25)20-16(13)22/h3-10H,1-2H3,(H2,19,20,21,22,25)/b12-8-. The predicted octanol–water partition coefficient (Wildman–Crippen LogP) is 2.15. The van der Waals surface area contributed by atoms with Crippen LogP contribution in [0, 0.1) is 0 Å². The first kappa shape index (κ1) is 16.9. The highest BCUT2D eigenvalue weighted by Gasteiger charge is 2.29. The number of amides is 2. The van der Waals surface area contributed by atoms with E-state index < -0.39 is 17.6 Å². The van der Waals surface area contributed by atoms with Crippen molar-refractivity contribution in [3.63, 3.8) is 0 Å². The van der Waals surface area contributed by atoms with E-state index in [0.29, 0.717) is 11.5 Å². The number of hydrogen-bond donors (Lipinski definition) is 2. The molecule has 2 N–H and O–H groups in total. The molecule has 0 spiro atoms. The molecule has 6 nitrogen and oxygen atoms in total. The van der Waals surface area contributed by atoms with E-state index in [-0.39, 0.29) is 10.7 Å². The van der Waals surface area contributed by atoms with Crippen molar-refractivity contribution in [3.05, 3.63) is 65.5 Å². The lowest BCUT2D eigenvalue weighted by atomic mass is 10.1. The molecule has 128 valence electrons. The Labute approximate surface area is 150 Å². The third-order valence-electron chi connectivity index (χ3n) is 3.41. The van der Waals surface area contributed by atoms with E-state index in [1.807, 2.05) is 30.3 Å². The smallest absolute Gasteiger partial charge is 0.263 e. The molecule has 1 saturated heterocycles. The molecule has 0 aromatic heterocycles. The second kappa shape index (κ2) is 6.52. The summed E-state index contributed by atoms with van der Waals surface area (Å²) in [5, 5.41) is 4.76. The van der Waals surface area contributed by atoms with Gasteiger partial charge in [-0.05, 0) is 24.4 Å². The van der Waals surface area contributed by atoms with Crippen LogP contribution >= 0.6 is 12.2 Å². The van der Waals surface area contributed by atoms with Crippen molar-refractivity contribution in [2.24, 2.45) is 0 Å². The van der Waals surface area contributed by atoms with E-state index in [9.17, 15) is 9.59 Å². The van der Waals surface area contributed by atoms with Gasteiger partial charge in [0.15, 0.2) is 5.11 Å². The average Bonchev–Trinajstić information content (AvgIpc) is 2.53. The fraction of sp³-hybridized carbons (Fsp3) is 0.167. The van der Waals surface area contributed by atoms with Gasteiger partial charge in [-0.15, -0.1) is 0 Å². The Hall–Kier alpha value is -2.93. The van der Waals surface area contributed by atoms with Crippen LogP contribution in [0.1, 0.15) is 19.4 Å². The van der Waals surface area contributed by atoms with E-state index in [2.05, 4.69) is 10.6 Å². The Morgan fingerprint density at radius 3 is 2.28 bits per heavy atom. The van der Waals surface area contributed by atoms with Gasteiger partial charge >= 0.3 is 0 Å². The molecule has 0 unspecified atom stereocenters. The van der Waals surface area contributed by atoms with Crippen molar-refractivity contribution >= 4 is 34.9 Å². The molecule has 2 amide bonds. The highest BCUT2D eigenvalue weighted by molar-refractivity contribution is 7.80. The van der Waals surface area contributed by atoms with Crippen LogP contribution in [0.15, 0.2) is 59.9 Å². The van der Waals surface area contributed by atoms with Crippen LogP contribution in [-0.4, -0.2) is 22.7 Å². The second-order valence-corrected chi connectivity index (χ2v) is 6.27. The van der Waals surface area contributed by atoms with Gasteiger partial charge in [0.25, 0.3) is 11.8 Å². The van der Waals surface area contributed by atoms with Crippen molar-refractivity contribution in [1.82, 2.24) is 10.6 Å². The van der Waals surface area contributed by atoms with E-state index in [1.165, 1.54) is 6.08 Å². The molecule has 0 atom stereocenters. The van der Waals surface area contributed by atoms with Gasteiger partial charge in [-0.3, -0.25) is 20.2 Å². The Kier molecular flexibility index (Phi) is 4.41. The zero-order chi connectivity index (χ0) is 18.0. The van der Waals surface area contributed by atoms with Crippen LogP contribution in [0.5, 0.6) is 0 Å². The average molecular weight is 356 g/mol. The molecule has 2 aliphatic rings. The summed E-state index contributed by atoms with van der Waals surface area (Å²) in [4.78, 5) is 23.7. The maximum absolute atomic E-state index is 11.9. The molecular weight excluding hydrogens is 340 g/mol. The number of ether oxygens (including phenoxy) is 2. The molecule has 0 aliphatic carbocycles. The Bertz CT molecular complexity index is 816. The number of thiocarbonyl (C=S) groups is 1. The molecular formula is C18H16N2O4S. The highest BCUT2D eigenvalue weighted by Crippen LogP contribution is 2.32. The summed E-state index contributed by atoms with van der Waals surface area (Å²) < 4.78 is 11.6. The molecule has 1 fully saturated rings. The third-order valence-corrected chi connectivity index (χ3v) is 3.61. The summed E-state index contributed by atoms with van der Waals surface area (Å²) in [6.45, 7) is 3.56. The van der Waals surface area contributed by atoms with Gasteiger partial charge in [0.1, 0.15) is 17.1 Å². The van der Waals surface area contributed by atoms with Crippen LogP contribution < -0.4 is 10.6 Å². The zero-order valence-electron chi connectivity index (χ0n) is 13.7. The van der Waals surface area contributed by atoms with Gasteiger partial charge < -0.3 is 9.47 Å². The Morgan fingerprint density at radius 2 is 1.64 bits per heavy atom. The molecule has 1 aromatic carbocycles. The quantitative estimate of drug-likeness (QED) is 0.482. The number of rotatable bonds is 2. The maximum atomic E-state index is 11.9. The molecule has 25 heavy (non-hydrogen) atoms. The first-order valence-corrected chi connectivity index (χ1v) is 7.99. The Balaban J connectivity index is 1.93. The summed E-state index contributed by atoms with van der Waals surface area (Å²) in [5.74, 6) is -0.881. The van der Waals surface area contributed by atoms with Gasteiger partial charge in [0, 0.05) is 25.5 Å². The lowest BCUT2D eigenvalue weighted by molar-refractivity contribution is -0.149. The van der Waals surface area contributed by atoms with Gasteiger partial charge in [-0.25, -0.2) is 0 Å². The number of benzene rings is 1. The van der Waals surface area contributed by atoms with E-state index >= 15 is 0 Å². The number of carbonyl (C=O) groups excluding carboxylic acids is 2. The lowest BCUT2D eigenvalue weighted by Gasteiger charge is -2.33. The van der Waals surface area contributed by atoms with E-state index in [4.69, 9.17) is 21.7 Å². The first-order chi connectivity index (χ1) is 11.8. The van der Waals surface area contributed by atoms with Gasteiger partial charge in [0.2, 0.25) is 5.79 Å². The molecule has 0 saturated carbocycles. The van der Waals surface area contributed by atoms with Crippen LogP contribution in [-0.2, 0) is 19.1 Å². The largest absolute Gasteiger partial charge is 0.453 e. The van der Waals surface area contributed by atoms with Crippen LogP contribution in [0.2, 0.25) is 0 Å². The second-order valence-electron chi connectivity index (χ2n) is 5.87. The fourth-order valence-electron chi connectivity index (χ4n) is 2.38. The Morgan fingerprint density at radius 1 is 1.00 bits per heavy atom. The van der Waals surface area contributed by atoms with Gasteiger partial charge in [0.05, 0.1) is 0 Å². The minimum Gasteiger partial charge on any atom is -0.453 e. The third kappa shape index (κ3) is 3.95. The summed E-state index contributed by atoms with van der Waals surface area (Å²) in [6, 6.07) is 9.58. The number of nitrogens with one attached hydrogen (secondary N) is 2. The summed E-state index contributed by atoms with van der Waals surface area (Å²) in [6.07, 6.45) is 4.65. The normalized spacial score (nSPS) is 20.9. The molecule has 2 heterocycles. The number of carbonyl (C=O) groups is 2. The highest BCUT2D eigenvalue weighted by atomic mass is 32.1. The van der Waals surface area contributed by atoms with Crippen molar-refractivity contribution < 1.29 is 19.1 Å².